The van der Waals surface area contributed by atoms with E-state index >= 15 is 0 Å². The summed E-state index contributed by atoms with van der Waals surface area (Å²) in [7, 11) is -3.50. The number of aryl methyl sites for hydroxylation is 1. The number of hydrogen-bond acceptors (Lipinski definition) is 5. The third kappa shape index (κ3) is 2.83. The van der Waals surface area contributed by atoms with Gasteiger partial charge in [-0.25, -0.2) is 13.4 Å². The van der Waals surface area contributed by atoms with Crippen LogP contribution in [0.4, 0.5) is 5.82 Å². The second-order valence-corrected chi connectivity index (χ2v) is 7.51. The number of rotatable bonds is 3. The Bertz CT molecular complexity index is 607. The van der Waals surface area contributed by atoms with Crippen molar-refractivity contribution in [2.24, 2.45) is 0 Å². The molecule has 1 amide bonds. The lowest BCUT2D eigenvalue weighted by Gasteiger charge is -2.34. The summed E-state index contributed by atoms with van der Waals surface area (Å²) < 4.78 is 22.8. The van der Waals surface area contributed by atoms with Gasteiger partial charge in [-0.3, -0.25) is 4.79 Å². The van der Waals surface area contributed by atoms with Crippen molar-refractivity contribution >= 4 is 21.6 Å². The second kappa shape index (κ2) is 5.49. The molecule has 1 saturated heterocycles. The minimum Gasteiger partial charge on any atom is -0.317 e. The third-order valence-corrected chi connectivity index (χ3v) is 5.71. The number of amides is 1. The van der Waals surface area contributed by atoms with Gasteiger partial charge in [0.2, 0.25) is 5.91 Å². The molecule has 110 valence electrons. The minimum absolute atomic E-state index is 0.281. The molecule has 1 aliphatic heterocycles. The monoisotopic (exact) mass is 297 g/mol. The summed E-state index contributed by atoms with van der Waals surface area (Å²) in [5.74, 6) is -0.101. The Morgan fingerprint density at radius 2 is 2.05 bits per heavy atom. The van der Waals surface area contributed by atoms with Crippen molar-refractivity contribution in [1.82, 2.24) is 10.3 Å². The number of sulfone groups is 1. The Morgan fingerprint density at radius 3 is 2.60 bits per heavy atom. The van der Waals surface area contributed by atoms with E-state index < -0.39 is 20.5 Å². The Labute approximate surface area is 118 Å². The fraction of sp³-hybridized carbons (Fsp3) is 0.538. The zero-order valence-electron chi connectivity index (χ0n) is 11.6. The summed E-state index contributed by atoms with van der Waals surface area (Å²) in [6.07, 6.45) is 3.27. The highest BCUT2D eigenvalue weighted by molar-refractivity contribution is 7.92. The van der Waals surface area contributed by atoms with E-state index in [0.29, 0.717) is 18.9 Å². The lowest BCUT2D eigenvalue weighted by molar-refractivity contribution is -0.119. The largest absolute Gasteiger partial charge is 0.317 e. The van der Waals surface area contributed by atoms with Crippen molar-refractivity contribution in [2.45, 2.75) is 24.5 Å². The summed E-state index contributed by atoms with van der Waals surface area (Å²) in [6.45, 7) is 2.91. The maximum absolute atomic E-state index is 12.5. The normalized spacial score (nSPS) is 18.5. The van der Waals surface area contributed by atoms with Gasteiger partial charge in [-0.2, -0.15) is 0 Å². The van der Waals surface area contributed by atoms with E-state index in [-0.39, 0.29) is 12.8 Å². The van der Waals surface area contributed by atoms with E-state index in [2.05, 4.69) is 15.6 Å². The van der Waals surface area contributed by atoms with Gasteiger partial charge in [-0.1, -0.05) is 0 Å². The quantitative estimate of drug-likeness (QED) is 0.848. The van der Waals surface area contributed by atoms with Crippen LogP contribution in [0.5, 0.6) is 0 Å². The van der Waals surface area contributed by atoms with Crippen molar-refractivity contribution in [3.63, 3.8) is 0 Å². The van der Waals surface area contributed by atoms with Crippen molar-refractivity contribution in [2.75, 3.05) is 24.7 Å². The summed E-state index contributed by atoms with van der Waals surface area (Å²) in [4.78, 5) is 16.5. The maximum atomic E-state index is 12.5. The molecule has 0 aromatic carbocycles. The molecule has 0 unspecified atom stereocenters. The highest BCUT2D eigenvalue weighted by Crippen LogP contribution is 2.29. The van der Waals surface area contributed by atoms with Gasteiger partial charge in [0.1, 0.15) is 5.82 Å². The van der Waals surface area contributed by atoms with E-state index in [9.17, 15) is 13.2 Å². The zero-order valence-corrected chi connectivity index (χ0v) is 12.5. The number of nitrogens with one attached hydrogen (secondary N) is 2. The molecule has 0 saturated carbocycles. The molecular formula is C13H19N3O3S. The van der Waals surface area contributed by atoms with Crippen LogP contribution in [-0.2, 0) is 14.6 Å². The Hall–Kier alpha value is -1.47. The first-order chi connectivity index (χ1) is 9.35. The maximum Gasteiger partial charge on any atom is 0.247 e. The predicted octanol–water partition coefficient (Wildman–Crippen LogP) is 0.495. The van der Waals surface area contributed by atoms with Crippen LogP contribution in [0.2, 0.25) is 0 Å². The Morgan fingerprint density at radius 1 is 1.40 bits per heavy atom. The molecule has 0 atom stereocenters. The fourth-order valence-electron chi connectivity index (χ4n) is 2.43. The van der Waals surface area contributed by atoms with Crippen LogP contribution in [0.25, 0.3) is 0 Å². The molecule has 7 heteroatoms. The molecule has 20 heavy (non-hydrogen) atoms. The third-order valence-electron chi connectivity index (χ3n) is 3.69. The topological polar surface area (TPSA) is 88.2 Å². The number of hydrogen-bond donors (Lipinski definition) is 2. The van der Waals surface area contributed by atoms with Gasteiger partial charge in [0.25, 0.3) is 0 Å². The first-order valence-corrected chi connectivity index (χ1v) is 8.39. The molecule has 0 spiro atoms. The summed E-state index contributed by atoms with van der Waals surface area (Å²) in [5.41, 5.74) is 0.953. The van der Waals surface area contributed by atoms with Gasteiger partial charge in [-0.05, 0) is 50.6 Å². The van der Waals surface area contributed by atoms with Crippen LogP contribution in [0, 0.1) is 6.92 Å². The summed E-state index contributed by atoms with van der Waals surface area (Å²) >= 11 is 0. The van der Waals surface area contributed by atoms with Gasteiger partial charge in [0.15, 0.2) is 14.6 Å². The average molecular weight is 297 g/mol. The number of piperidine rings is 1. The number of anilines is 1. The SMILES string of the molecule is Cc1ccnc(NC(=O)C2(S(C)(=O)=O)CCNCC2)c1. The summed E-state index contributed by atoms with van der Waals surface area (Å²) in [5, 5.41) is 5.72. The van der Waals surface area contributed by atoms with Gasteiger partial charge in [0.05, 0.1) is 0 Å². The van der Waals surface area contributed by atoms with E-state index in [1.165, 1.54) is 0 Å². The molecule has 1 aliphatic rings. The molecular weight excluding hydrogens is 278 g/mol. The lowest BCUT2D eigenvalue weighted by atomic mass is 9.96. The number of aromatic nitrogens is 1. The molecule has 2 heterocycles. The highest BCUT2D eigenvalue weighted by atomic mass is 32.2. The number of carbonyl (C=O) groups is 1. The fourth-order valence-corrected chi connectivity index (χ4v) is 3.77. The minimum atomic E-state index is -3.50. The van der Waals surface area contributed by atoms with E-state index in [1.807, 2.05) is 13.0 Å². The van der Waals surface area contributed by atoms with Crippen molar-refractivity contribution in [3.8, 4) is 0 Å². The Balaban J connectivity index is 2.28. The van der Waals surface area contributed by atoms with E-state index in [0.717, 1.165) is 11.8 Å². The zero-order chi connectivity index (χ0) is 14.8. The van der Waals surface area contributed by atoms with Crippen LogP contribution in [0.3, 0.4) is 0 Å². The summed E-state index contributed by atoms with van der Waals surface area (Å²) in [6, 6.07) is 3.53. The standard InChI is InChI=1S/C13H19N3O3S/c1-10-3-6-15-11(9-10)16-12(17)13(20(2,18)19)4-7-14-8-5-13/h3,6,9,14H,4-5,7-8H2,1-2H3,(H,15,16,17). The van der Waals surface area contributed by atoms with E-state index in [1.54, 1.807) is 12.3 Å². The van der Waals surface area contributed by atoms with E-state index in [4.69, 9.17) is 0 Å². The van der Waals surface area contributed by atoms with Gasteiger partial charge in [-0.15, -0.1) is 0 Å². The second-order valence-electron chi connectivity index (χ2n) is 5.19. The molecule has 2 N–H and O–H groups in total. The molecule has 0 radical (unpaired) electrons. The van der Waals surface area contributed by atoms with Gasteiger partial charge < -0.3 is 10.6 Å². The van der Waals surface area contributed by atoms with Gasteiger partial charge in [0, 0.05) is 12.5 Å². The molecule has 1 aromatic heterocycles. The predicted molar refractivity (Wildman–Crippen MR) is 77.3 cm³/mol. The first-order valence-electron chi connectivity index (χ1n) is 6.50. The lowest BCUT2D eigenvalue weighted by Crippen LogP contribution is -2.55. The van der Waals surface area contributed by atoms with Crippen LogP contribution in [0.1, 0.15) is 18.4 Å². The number of pyridine rings is 1. The highest BCUT2D eigenvalue weighted by Gasteiger charge is 2.48. The number of nitrogens with zero attached hydrogens (tertiary/aromatic N) is 1. The number of carbonyl (C=O) groups excluding carboxylic acids is 1. The average Bonchev–Trinajstić information content (AvgIpc) is 2.38. The van der Waals surface area contributed by atoms with Crippen molar-refractivity contribution in [1.29, 1.82) is 0 Å². The van der Waals surface area contributed by atoms with Crippen molar-refractivity contribution in [3.05, 3.63) is 23.9 Å². The van der Waals surface area contributed by atoms with Gasteiger partial charge >= 0.3 is 0 Å². The smallest absolute Gasteiger partial charge is 0.247 e. The van der Waals surface area contributed by atoms with Crippen molar-refractivity contribution < 1.29 is 13.2 Å². The van der Waals surface area contributed by atoms with Crippen LogP contribution in [-0.4, -0.2) is 43.4 Å². The van der Waals surface area contributed by atoms with Crippen LogP contribution < -0.4 is 10.6 Å². The van der Waals surface area contributed by atoms with Crippen LogP contribution in [0.15, 0.2) is 18.3 Å². The molecule has 0 aliphatic carbocycles. The molecule has 1 aromatic rings. The van der Waals surface area contributed by atoms with Crippen LogP contribution >= 0.6 is 0 Å². The Kier molecular flexibility index (Phi) is 4.10. The molecule has 2 rings (SSSR count). The molecule has 6 nitrogen and oxygen atoms in total. The molecule has 0 bridgehead atoms. The molecule has 1 fully saturated rings. The first kappa shape index (κ1) is 14.9.